The quantitative estimate of drug-likeness (QED) is 0.522. The van der Waals surface area contributed by atoms with Gasteiger partial charge in [-0.15, -0.1) is 0 Å². The monoisotopic (exact) mass is 348 g/mol. The van der Waals surface area contributed by atoms with Gasteiger partial charge in [0.15, 0.2) is 5.75 Å². The third-order valence-corrected chi connectivity index (χ3v) is 6.05. The van der Waals surface area contributed by atoms with E-state index >= 15 is 0 Å². The van der Waals surface area contributed by atoms with Crippen LogP contribution in [0.25, 0.3) is 0 Å². The van der Waals surface area contributed by atoms with Crippen LogP contribution in [0.1, 0.15) is 0 Å². The Morgan fingerprint density at radius 3 is 1.52 bits per heavy atom. The van der Waals surface area contributed by atoms with Gasteiger partial charge in [-0.3, -0.25) is 4.52 Å². The first kappa shape index (κ1) is 18.3. The standard InChI is InChI=1S/C18H15O2P2.Na/c19-21-20-15-11-13-18(14-12-15)22(16-7-3-1-4-8-16)17-9-5-2-6-10-17;/h1-14,21H;/q+1;. The minimum atomic E-state index is -0.773. The minimum Gasteiger partial charge on any atom is -0.256 e. The largest absolute Gasteiger partial charge is 0.542 e. The fraction of sp³-hybridized carbons (Fsp3) is 0. The molecule has 3 aromatic carbocycles. The summed E-state index contributed by atoms with van der Waals surface area (Å²) in [6, 6.07) is 28.9. The summed E-state index contributed by atoms with van der Waals surface area (Å²) in [5, 5.41) is 3.86. The summed E-state index contributed by atoms with van der Waals surface area (Å²) in [5.74, 6) is 0.633. The summed E-state index contributed by atoms with van der Waals surface area (Å²) in [4.78, 5) is 0. The van der Waals surface area contributed by atoms with Crippen LogP contribution in [0.3, 0.4) is 0 Å². The number of benzene rings is 3. The van der Waals surface area contributed by atoms with Crippen LogP contribution in [0.2, 0.25) is 0 Å². The van der Waals surface area contributed by atoms with Gasteiger partial charge in [-0.25, -0.2) is 0 Å². The first-order chi connectivity index (χ1) is 10.9. The van der Waals surface area contributed by atoms with Crippen molar-refractivity contribution in [3.05, 3.63) is 84.9 Å². The average molecular weight is 348 g/mol. The van der Waals surface area contributed by atoms with E-state index in [0.717, 1.165) is 0 Å². The predicted octanol–water partition coefficient (Wildman–Crippen LogP) is 3.38. The zero-order valence-corrected chi connectivity index (χ0v) is 16.7. The Balaban J connectivity index is 0.00000192. The van der Waals surface area contributed by atoms with Gasteiger partial charge in [0, 0.05) is 29.6 Å². The van der Waals surface area contributed by atoms with Crippen LogP contribution in [-0.2, 0) is 4.57 Å². The second-order valence-corrected chi connectivity index (χ2v) is 7.28. The molecule has 1 atom stereocenters. The fourth-order valence-corrected chi connectivity index (χ4v) is 4.83. The van der Waals surface area contributed by atoms with Gasteiger partial charge in [0.05, 0.1) is 0 Å². The Hall–Kier alpha value is -1.01. The van der Waals surface area contributed by atoms with Crippen LogP contribution in [0.15, 0.2) is 84.9 Å². The van der Waals surface area contributed by atoms with Gasteiger partial charge in [0.25, 0.3) is 0 Å². The molecule has 2 nitrogen and oxygen atoms in total. The molecule has 109 valence electrons. The Morgan fingerprint density at radius 1 is 0.652 bits per heavy atom. The van der Waals surface area contributed by atoms with Crippen LogP contribution < -0.4 is 20.4 Å². The first-order valence-corrected chi connectivity index (χ1v) is 9.08. The van der Waals surface area contributed by atoms with E-state index in [0.29, 0.717) is 5.75 Å². The van der Waals surface area contributed by atoms with Crippen molar-refractivity contribution >= 4 is 62.1 Å². The number of hydrogen-bond donors (Lipinski definition) is 0. The van der Waals surface area contributed by atoms with Crippen molar-refractivity contribution in [3.63, 3.8) is 0 Å². The Morgan fingerprint density at radius 2 is 1.09 bits per heavy atom. The van der Waals surface area contributed by atoms with E-state index in [-0.39, 0.29) is 29.6 Å². The van der Waals surface area contributed by atoms with Crippen molar-refractivity contribution in [2.45, 2.75) is 0 Å². The molecule has 0 heterocycles. The maximum absolute atomic E-state index is 10.6. The molecule has 0 aliphatic carbocycles. The van der Waals surface area contributed by atoms with E-state index in [1.54, 1.807) is 0 Å². The Kier molecular flexibility index (Phi) is 7.43. The number of rotatable bonds is 5. The van der Waals surface area contributed by atoms with Crippen LogP contribution in [0, 0.1) is 0 Å². The molecule has 0 spiro atoms. The molecule has 0 bridgehead atoms. The Labute approximate surface area is 161 Å². The summed E-state index contributed by atoms with van der Waals surface area (Å²) < 4.78 is 15.6. The van der Waals surface area contributed by atoms with Crippen molar-refractivity contribution < 1.29 is 9.09 Å². The summed E-state index contributed by atoms with van der Waals surface area (Å²) in [6.45, 7) is 0. The molecule has 0 aliphatic rings. The van der Waals surface area contributed by atoms with Gasteiger partial charge in [-0.05, 0) is 52.7 Å². The molecular weight excluding hydrogens is 333 g/mol. The maximum Gasteiger partial charge on any atom is 0.542 e. The van der Waals surface area contributed by atoms with Gasteiger partial charge in [0.1, 0.15) is 0 Å². The topological polar surface area (TPSA) is 26.3 Å². The van der Waals surface area contributed by atoms with E-state index in [4.69, 9.17) is 4.52 Å². The molecule has 3 rings (SSSR count). The van der Waals surface area contributed by atoms with E-state index in [9.17, 15) is 4.57 Å². The molecule has 23 heavy (non-hydrogen) atoms. The molecule has 0 aliphatic heterocycles. The van der Waals surface area contributed by atoms with Crippen molar-refractivity contribution in [1.29, 1.82) is 0 Å². The average Bonchev–Trinajstić information content (AvgIpc) is 2.59. The molecule has 1 radical (unpaired) electrons. The van der Waals surface area contributed by atoms with Crippen LogP contribution in [0.4, 0.5) is 0 Å². The van der Waals surface area contributed by atoms with Crippen molar-refractivity contribution in [1.82, 2.24) is 0 Å². The van der Waals surface area contributed by atoms with Crippen LogP contribution >= 0.6 is 16.6 Å². The van der Waals surface area contributed by atoms with Gasteiger partial charge in [-0.2, -0.15) is 0 Å². The van der Waals surface area contributed by atoms with E-state index in [1.165, 1.54) is 15.9 Å². The summed E-state index contributed by atoms with van der Waals surface area (Å²) in [6.07, 6.45) is 0. The van der Waals surface area contributed by atoms with Crippen LogP contribution in [0.5, 0.6) is 5.75 Å². The molecule has 0 aromatic heterocycles. The zero-order chi connectivity index (χ0) is 15.2. The molecule has 0 fully saturated rings. The van der Waals surface area contributed by atoms with Gasteiger partial charge in [-0.1, -0.05) is 60.7 Å². The van der Waals surface area contributed by atoms with Gasteiger partial charge in [0.2, 0.25) is 0 Å². The molecule has 0 N–H and O–H groups in total. The zero-order valence-electron chi connectivity index (χ0n) is 12.8. The second kappa shape index (κ2) is 9.33. The SMILES string of the molecule is O=[PH+]Oc1ccc(P(c2ccccc2)c2ccccc2)cc1.[Na]. The smallest absolute Gasteiger partial charge is 0.256 e. The summed E-state index contributed by atoms with van der Waals surface area (Å²) in [5.41, 5.74) is 0. The molecule has 3 aromatic rings. The molecule has 0 saturated heterocycles. The van der Waals surface area contributed by atoms with Crippen LogP contribution in [-0.4, -0.2) is 29.6 Å². The molecule has 5 heteroatoms. The van der Waals surface area contributed by atoms with Crippen molar-refractivity contribution in [2.75, 3.05) is 0 Å². The minimum absolute atomic E-state index is 0. The maximum atomic E-state index is 10.6. The predicted molar refractivity (Wildman–Crippen MR) is 101 cm³/mol. The summed E-state index contributed by atoms with van der Waals surface area (Å²) >= 11 is 0. The van der Waals surface area contributed by atoms with Crippen molar-refractivity contribution in [2.24, 2.45) is 0 Å². The van der Waals surface area contributed by atoms with E-state index < -0.39 is 16.6 Å². The van der Waals surface area contributed by atoms with Crippen molar-refractivity contribution in [3.8, 4) is 5.75 Å². The molecule has 0 saturated carbocycles. The van der Waals surface area contributed by atoms with E-state index in [2.05, 4.69) is 60.7 Å². The van der Waals surface area contributed by atoms with Gasteiger partial charge >= 0.3 is 8.69 Å². The third-order valence-electron chi connectivity index (χ3n) is 3.28. The van der Waals surface area contributed by atoms with E-state index in [1.807, 2.05) is 24.3 Å². The first-order valence-electron chi connectivity index (χ1n) is 6.93. The Bertz CT molecular complexity index is 694. The summed E-state index contributed by atoms with van der Waals surface area (Å²) in [7, 11) is -1.37. The fourth-order valence-electron chi connectivity index (χ4n) is 2.31. The third kappa shape index (κ3) is 4.73. The molecule has 0 amide bonds. The number of hydrogen-bond acceptors (Lipinski definition) is 2. The van der Waals surface area contributed by atoms with Gasteiger partial charge < -0.3 is 0 Å². The second-order valence-electron chi connectivity index (χ2n) is 4.69. The molecule has 1 unspecified atom stereocenters. The normalized spacial score (nSPS) is 10.3. The molecular formula is C18H15NaO2P2+.